The van der Waals surface area contributed by atoms with E-state index in [0.29, 0.717) is 5.56 Å². The van der Waals surface area contributed by atoms with Crippen molar-refractivity contribution in [3.63, 3.8) is 0 Å². The lowest BCUT2D eigenvalue weighted by molar-refractivity contribution is 0.0692. The molecule has 0 saturated heterocycles. The standard InChI is InChI=1S/C9H11NO3/c1-5(2)6-3-10-4-7(11)8(6)9(12)13/h3-5,11H,1-2H3,(H,12,13). The molecule has 0 unspecified atom stereocenters. The fraction of sp³-hybridized carbons (Fsp3) is 0.333. The van der Waals surface area contributed by atoms with Crippen molar-refractivity contribution in [2.75, 3.05) is 0 Å². The van der Waals surface area contributed by atoms with Crippen LogP contribution in [-0.2, 0) is 0 Å². The van der Waals surface area contributed by atoms with Crippen LogP contribution in [0.5, 0.6) is 5.75 Å². The molecule has 13 heavy (non-hydrogen) atoms. The second-order valence-corrected chi connectivity index (χ2v) is 3.08. The van der Waals surface area contributed by atoms with Crippen LogP contribution in [0.25, 0.3) is 0 Å². The van der Waals surface area contributed by atoms with Gasteiger partial charge < -0.3 is 10.2 Å². The number of aromatic nitrogens is 1. The summed E-state index contributed by atoms with van der Waals surface area (Å²) in [7, 11) is 0. The van der Waals surface area contributed by atoms with Crippen LogP contribution < -0.4 is 0 Å². The molecule has 0 fully saturated rings. The topological polar surface area (TPSA) is 70.4 Å². The Labute approximate surface area is 75.9 Å². The Bertz CT molecular complexity index is 334. The van der Waals surface area contributed by atoms with Gasteiger partial charge in [-0.25, -0.2) is 4.79 Å². The summed E-state index contributed by atoms with van der Waals surface area (Å²) in [5.74, 6) is -1.37. The van der Waals surface area contributed by atoms with Crippen molar-refractivity contribution in [2.45, 2.75) is 19.8 Å². The largest absolute Gasteiger partial charge is 0.505 e. The van der Waals surface area contributed by atoms with Gasteiger partial charge in [0.25, 0.3) is 0 Å². The third-order valence-corrected chi connectivity index (χ3v) is 1.79. The summed E-state index contributed by atoms with van der Waals surface area (Å²) in [6.07, 6.45) is 2.60. The molecule has 0 bridgehead atoms. The molecule has 0 aliphatic rings. The van der Waals surface area contributed by atoms with E-state index in [0.717, 1.165) is 6.20 Å². The predicted molar refractivity (Wildman–Crippen MR) is 47.0 cm³/mol. The minimum atomic E-state index is -1.12. The highest BCUT2D eigenvalue weighted by Crippen LogP contribution is 2.25. The summed E-state index contributed by atoms with van der Waals surface area (Å²) < 4.78 is 0. The van der Waals surface area contributed by atoms with Crippen LogP contribution >= 0.6 is 0 Å². The summed E-state index contributed by atoms with van der Waals surface area (Å²) >= 11 is 0. The van der Waals surface area contributed by atoms with Crippen LogP contribution in [0.4, 0.5) is 0 Å². The Kier molecular flexibility index (Phi) is 2.51. The van der Waals surface area contributed by atoms with E-state index >= 15 is 0 Å². The number of nitrogens with zero attached hydrogens (tertiary/aromatic N) is 1. The first kappa shape index (κ1) is 9.51. The summed E-state index contributed by atoms with van der Waals surface area (Å²) in [5.41, 5.74) is 0.498. The SMILES string of the molecule is CC(C)c1cncc(O)c1C(=O)O. The van der Waals surface area contributed by atoms with E-state index in [1.54, 1.807) is 0 Å². The maximum atomic E-state index is 10.8. The molecular weight excluding hydrogens is 170 g/mol. The summed E-state index contributed by atoms with van der Waals surface area (Å²) in [6.45, 7) is 3.70. The van der Waals surface area contributed by atoms with E-state index < -0.39 is 5.97 Å². The zero-order valence-corrected chi connectivity index (χ0v) is 7.48. The maximum absolute atomic E-state index is 10.8. The quantitative estimate of drug-likeness (QED) is 0.727. The van der Waals surface area contributed by atoms with Crippen molar-refractivity contribution >= 4 is 5.97 Å². The number of pyridine rings is 1. The summed E-state index contributed by atoms with van der Waals surface area (Å²) in [4.78, 5) is 14.5. The normalized spacial score (nSPS) is 10.4. The molecule has 1 heterocycles. The third-order valence-electron chi connectivity index (χ3n) is 1.79. The number of carboxylic acids is 1. The van der Waals surface area contributed by atoms with Gasteiger partial charge in [-0.3, -0.25) is 4.98 Å². The number of rotatable bonds is 2. The molecule has 0 aliphatic carbocycles. The molecule has 4 nitrogen and oxygen atoms in total. The lowest BCUT2D eigenvalue weighted by Crippen LogP contribution is -2.04. The van der Waals surface area contributed by atoms with Gasteiger partial charge in [0.15, 0.2) is 0 Å². The van der Waals surface area contributed by atoms with Crippen molar-refractivity contribution in [3.8, 4) is 5.75 Å². The second-order valence-electron chi connectivity index (χ2n) is 3.08. The number of hydrogen-bond donors (Lipinski definition) is 2. The number of aromatic carboxylic acids is 1. The van der Waals surface area contributed by atoms with Crippen LogP contribution in [0.1, 0.15) is 35.7 Å². The van der Waals surface area contributed by atoms with Gasteiger partial charge in [-0.1, -0.05) is 13.8 Å². The van der Waals surface area contributed by atoms with E-state index in [1.807, 2.05) is 13.8 Å². The Hall–Kier alpha value is -1.58. The molecule has 0 radical (unpaired) electrons. The minimum absolute atomic E-state index is 0.0331. The lowest BCUT2D eigenvalue weighted by Gasteiger charge is -2.09. The van der Waals surface area contributed by atoms with Crippen molar-refractivity contribution < 1.29 is 15.0 Å². The van der Waals surface area contributed by atoms with Crippen LogP contribution in [-0.4, -0.2) is 21.2 Å². The van der Waals surface area contributed by atoms with Gasteiger partial charge >= 0.3 is 5.97 Å². The van der Waals surface area contributed by atoms with Crippen LogP contribution in [0.3, 0.4) is 0 Å². The molecule has 0 aliphatic heterocycles. The number of hydrogen-bond acceptors (Lipinski definition) is 3. The molecule has 0 aromatic carbocycles. The number of carbonyl (C=O) groups is 1. The first-order valence-electron chi connectivity index (χ1n) is 3.94. The van der Waals surface area contributed by atoms with E-state index in [-0.39, 0.29) is 17.2 Å². The predicted octanol–water partition coefficient (Wildman–Crippen LogP) is 1.61. The van der Waals surface area contributed by atoms with E-state index in [9.17, 15) is 9.90 Å². The average Bonchev–Trinajstić information content (AvgIpc) is 2.02. The fourth-order valence-electron chi connectivity index (χ4n) is 1.14. The van der Waals surface area contributed by atoms with Crippen LogP contribution in [0, 0.1) is 0 Å². The first-order chi connectivity index (χ1) is 6.04. The zero-order valence-electron chi connectivity index (χ0n) is 7.48. The van der Waals surface area contributed by atoms with Crippen molar-refractivity contribution in [1.29, 1.82) is 0 Å². The molecule has 70 valence electrons. The molecular formula is C9H11NO3. The minimum Gasteiger partial charge on any atom is -0.505 e. The van der Waals surface area contributed by atoms with E-state index in [2.05, 4.69) is 4.98 Å². The van der Waals surface area contributed by atoms with E-state index in [4.69, 9.17) is 5.11 Å². The van der Waals surface area contributed by atoms with Gasteiger partial charge in [0.1, 0.15) is 11.3 Å². The van der Waals surface area contributed by atoms with Crippen LogP contribution in [0.2, 0.25) is 0 Å². The van der Waals surface area contributed by atoms with Gasteiger partial charge in [0, 0.05) is 6.20 Å². The Morgan fingerprint density at radius 2 is 2.08 bits per heavy atom. The molecule has 0 atom stereocenters. The Morgan fingerprint density at radius 3 is 2.46 bits per heavy atom. The van der Waals surface area contributed by atoms with Gasteiger partial charge in [-0.15, -0.1) is 0 Å². The highest BCUT2D eigenvalue weighted by molar-refractivity contribution is 5.92. The number of carboxylic acid groups (broad SMARTS) is 1. The average molecular weight is 181 g/mol. The maximum Gasteiger partial charge on any atom is 0.339 e. The third kappa shape index (κ3) is 1.77. The molecule has 1 rings (SSSR count). The number of aromatic hydroxyl groups is 1. The first-order valence-corrected chi connectivity index (χ1v) is 3.94. The molecule has 4 heteroatoms. The Morgan fingerprint density at radius 1 is 1.46 bits per heavy atom. The Balaban J connectivity index is 3.34. The van der Waals surface area contributed by atoms with Gasteiger partial charge in [0.2, 0.25) is 0 Å². The zero-order chi connectivity index (χ0) is 10.0. The van der Waals surface area contributed by atoms with Gasteiger partial charge in [-0.2, -0.15) is 0 Å². The summed E-state index contributed by atoms with van der Waals surface area (Å²) in [6, 6.07) is 0. The smallest absolute Gasteiger partial charge is 0.339 e. The molecule has 0 spiro atoms. The molecule has 1 aromatic heterocycles. The monoisotopic (exact) mass is 181 g/mol. The van der Waals surface area contributed by atoms with Crippen LogP contribution in [0.15, 0.2) is 12.4 Å². The van der Waals surface area contributed by atoms with Crippen molar-refractivity contribution in [3.05, 3.63) is 23.5 Å². The highest BCUT2D eigenvalue weighted by Gasteiger charge is 2.17. The molecule has 0 amide bonds. The highest BCUT2D eigenvalue weighted by atomic mass is 16.4. The van der Waals surface area contributed by atoms with E-state index in [1.165, 1.54) is 6.20 Å². The lowest BCUT2D eigenvalue weighted by atomic mass is 9.99. The molecule has 2 N–H and O–H groups in total. The van der Waals surface area contributed by atoms with Gasteiger partial charge in [-0.05, 0) is 11.5 Å². The van der Waals surface area contributed by atoms with Gasteiger partial charge in [0.05, 0.1) is 6.20 Å². The summed E-state index contributed by atoms with van der Waals surface area (Å²) in [5, 5.41) is 18.1. The molecule has 0 saturated carbocycles. The fourth-order valence-corrected chi connectivity index (χ4v) is 1.14. The second kappa shape index (κ2) is 3.43. The van der Waals surface area contributed by atoms with Crippen molar-refractivity contribution in [2.24, 2.45) is 0 Å². The van der Waals surface area contributed by atoms with Crippen molar-refractivity contribution in [1.82, 2.24) is 4.98 Å². The molecule has 1 aromatic rings.